The van der Waals surface area contributed by atoms with Crippen LogP contribution >= 0.6 is 11.8 Å². The fourth-order valence-corrected chi connectivity index (χ4v) is 1.21. The average molecular weight is 210 g/mol. The molecule has 0 N–H and O–H groups in total. The zero-order valence-electron chi connectivity index (χ0n) is 7.30. The zero-order valence-corrected chi connectivity index (χ0v) is 8.11. The van der Waals surface area contributed by atoms with E-state index >= 15 is 0 Å². The van der Waals surface area contributed by atoms with Crippen molar-refractivity contribution in [1.29, 1.82) is 5.26 Å². The Morgan fingerprint density at radius 3 is 3.00 bits per heavy atom. The Morgan fingerprint density at radius 1 is 1.79 bits per heavy atom. The fourth-order valence-electron chi connectivity index (χ4n) is 0.848. The Labute approximate surface area is 84.1 Å². The van der Waals surface area contributed by atoms with E-state index in [2.05, 4.69) is 9.97 Å². The molecule has 14 heavy (non-hydrogen) atoms. The van der Waals surface area contributed by atoms with Crippen molar-refractivity contribution in [3.05, 3.63) is 22.0 Å². The van der Waals surface area contributed by atoms with Gasteiger partial charge in [-0.3, -0.25) is 10.1 Å². The summed E-state index contributed by atoms with van der Waals surface area (Å²) in [6.07, 6.45) is 2.81. The van der Waals surface area contributed by atoms with Crippen LogP contribution in [0, 0.1) is 21.4 Å². The normalized spacial score (nSPS) is 9.43. The molecule has 0 bridgehead atoms. The Hall–Kier alpha value is -1.68. The molecule has 0 fully saturated rings. The van der Waals surface area contributed by atoms with Gasteiger partial charge in [0, 0.05) is 0 Å². The minimum absolute atomic E-state index is 0.0770. The van der Waals surface area contributed by atoms with E-state index in [1.165, 1.54) is 11.8 Å². The van der Waals surface area contributed by atoms with Crippen LogP contribution in [0.5, 0.6) is 0 Å². The van der Waals surface area contributed by atoms with Crippen LogP contribution in [-0.4, -0.2) is 21.1 Å². The van der Waals surface area contributed by atoms with Gasteiger partial charge in [0.2, 0.25) is 0 Å². The van der Waals surface area contributed by atoms with Crippen LogP contribution in [0.25, 0.3) is 0 Å². The van der Waals surface area contributed by atoms with Crippen molar-refractivity contribution in [2.24, 2.45) is 0 Å². The van der Waals surface area contributed by atoms with Crippen LogP contribution < -0.4 is 0 Å². The molecule has 0 aliphatic heterocycles. The third-order valence-electron chi connectivity index (χ3n) is 1.45. The summed E-state index contributed by atoms with van der Waals surface area (Å²) in [6, 6.07) is 1.83. The number of thioether (sulfide) groups is 1. The van der Waals surface area contributed by atoms with Crippen molar-refractivity contribution < 1.29 is 4.92 Å². The average Bonchev–Trinajstić information content (AvgIpc) is 2.17. The van der Waals surface area contributed by atoms with Crippen molar-refractivity contribution >= 4 is 17.4 Å². The summed E-state index contributed by atoms with van der Waals surface area (Å²) in [7, 11) is 0. The Balaban J connectivity index is 3.18. The lowest BCUT2D eigenvalue weighted by Gasteiger charge is -1.98. The molecule has 7 heteroatoms. The van der Waals surface area contributed by atoms with Crippen LogP contribution in [0.15, 0.2) is 11.4 Å². The van der Waals surface area contributed by atoms with Gasteiger partial charge in [0.25, 0.3) is 0 Å². The minimum atomic E-state index is -0.587. The second kappa shape index (κ2) is 4.53. The lowest BCUT2D eigenvalue weighted by molar-refractivity contribution is -0.386. The maximum Gasteiger partial charge on any atom is 0.310 e. The topological polar surface area (TPSA) is 92.7 Å². The summed E-state index contributed by atoms with van der Waals surface area (Å²) in [6.45, 7) is 0. The lowest BCUT2D eigenvalue weighted by atomic mass is 10.3. The molecule has 0 atom stereocenters. The first-order chi connectivity index (χ1) is 6.69. The number of nitriles is 1. The number of hydrogen-bond donors (Lipinski definition) is 0. The Bertz CT molecular complexity index is 401. The molecule has 0 saturated carbocycles. The fraction of sp³-hybridized carbons (Fsp3) is 0.286. The van der Waals surface area contributed by atoms with Crippen molar-refractivity contribution in [3.63, 3.8) is 0 Å². The zero-order chi connectivity index (χ0) is 10.6. The first kappa shape index (κ1) is 10.4. The molecule has 1 aromatic rings. The third kappa shape index (κ3) is 2.17. The van der Waals surface area contributed by atoms with Crippen LogP contribution in [0.1, 0.15) is 5.69 Å². The van der Waals surface area contributed by atoms with E-state index < -0.39 is 4.92 Å². The molecular weight excluding hydrogens is 204 g/mol. The quantitative estimate of drug-likeness (QED) is 0.322. The second-order valence-electron chi connectivity index (χ2n) is 2.28. The largest absolute Gasteiger partial charge is 0.310 e. The van der Waals surface area contributed by atoms with Crippen molar-refractivity contribution in [2.75, 3.05) is 6.26 Å². The van der Waals surface area contributed by atoms with E-state index in [-0.39, 0.29) is 17.8 Å². The molecule has 0 saturated heterocycles. The van der Waals surface area contributed by atoms with E-state index in [1.807, 2.05) is 6.07 Å². The van der Waals surface area contributed by atoms with Crippen molar-refractivity contribution in [2.45, 2.75) is 11.6 Å². The van der Waals surface area contributed by atoms with Gasteiger partial charge in [0.15, 0.2) is 5.16 Å². The van der Waals surface area contributed by atoms with Crippen LogP contribution in [0.3, 0.4) is 0 Å². The second-order valence-corrected chi connectivity index (χ2v) is 3.05. The van der Waals surface area contributed by atoms with Gasteiger partial charge < -0.3 is 0 Å². The van der Waals surface area contributed by atoms with Crippen LogP contribution in [-0.2, 0) is 6.42 Å². The van der Waals surface area contributed by atoms with Gasteiger partial charge in [-0.25, -0.2) is 9.97 Å². The molecule has 0 aliphatic carbocycles. The maximum atomic E-state index is 10.5. The van der Waals surface area contributed by atoms with Gasteiger partial charge in [-0.2, -0.15) is 5.26 Å². The van der Waals surface area contributed by atoms with Gasteiger partial charge in [-0.1, -0.05) is 11.8 Å². The van der Waals surface area contributed by atoms with E-state index in [9.17, 15) is 10.1 Å². The SMILES string of the molecule is CSc1ncc([N+](=O)[O-])c(CC#N)n1. The molecule has 0 unspecified atom stereocenters. The first-order valence-corrected chi connectivity index (χ1v) is 4.82. The number of aromatic nitrogens is 2. The summed E-state index contributed by atoms with van der Waals surface area (Å²) in [4.78, 5) is 17.6. The van der Waals surface area contributed by atoms with Gasteiger partial charge in [-0.15, -0.1) is 0 Å². The molecule has 6 nitrogen and oxygen atoms in total. The number of hydrogen-bond acceptors (Lipinski definition) is 6. The highest BCUT2D eigenvalue weighted by molar-refractivity contribution is 7.98. The first-order valence-electron chi connectivity index (χ1n) is 3.60. The Kier molecular flexibility index (Phi) is 3.36. The molecule has 0 spiro atoms. The van der Waals surface area contributed by atoms with Crippen molar-refractivity contribution in [1.82, 2.24) is 9.97 Å². The van der Waals surface area contributed by atoms with E-state index in [1.54, 1.807) is 6.26 Å². The minimum Gasteiger partial charge on any atom is -0.258 e. The third-order valence-corrected chi connectivity index (χ3v) is 2.01. The molecule has 0 amide bonds. The van der Waals surface area contributed by atoms with Gasteiger partial charge in [-0.05, 0) is 6.26 Å². The summed E-state index contributed by atoms with van der Waals surface area (Å²) in [5.74, 6) is 0. The van der Waals surface area contributed by atoms with E-state index in [0.717, 1.165) is 6.20 Å². The molecule has 0 aliphatic rings. The van der Waals surface area contributed by atoms with Crippen LogP contribution in [0.2, 0.25) is 0 Å². The van der Waals surface area contributed by atoms with Crippen LogP contribution in [0.4, 0.5) is 5.69 Å². The molecule has 72 valence electrons. The number of nitrogens with zero attached hydrogens (tertiary/aromatic N) is 4. The van der Waals surface area contributed by atoms with Crippen molar-refractivity contribution in [3.8, 4) is 6.07 Å². The lowest BCUT2D eigenvalue weighted by Crippen LogP contribution is -2.00. The molecule has 1 rings (SSSR count). The molecule has 1 heterocycles. The smallest absolute Gasteiger partial charge is 0.258 e. The summed E-state index contributed by atoms with van der Waals surface area (Å²) < 4.78 is 0. The summed E-state index contributed by atoms with van der Waals surface area (Å²) in [5.41, 5.74) is -0.0406. The predicted octanol–water partition coefficient (Wildman–Crippen LogP) is 1.17. The molecule has 0 radical (unpaired) electrons. The monoisotopic (exact) mass is 210 g/mol. The van der Waals surface area contributed by atoms with E-state index in [4.69, 9.17) is 5.26 Å². The Morgan fingerprint density at radius 2 is 2.50 bits per heavy atom. The van der Waals surface area contributed by atoms with Gasteiger partial charge in [0.05, 0.1) is 17.4 Å². The number of nitro groups is 1. The predicted molar refractivity (Wildman–Crippen MR) is 49.8 cm³/mol. The standard InChI is InChI=1S/C7H6N4O2S/c1-14-7-9-4-6(11(12)13)5(10-7)2-3-8/h4H,2H2,1H3. The highest BCUT2D eigenvalue weighted by Gasteiger charge is 2.16. The highest BCUT2D eigenvalue weighted by atomic mass is 32.2. The molecule has 0 aromatic carbocycles. The molecule has 1 aromatic heterocycles. The van der Waals surface area contributed by atoms with E-state index in [0.29, 0.717) is 5.16 Å². The number of rotatable bonds is 3. The van der Waals surface area contributed by atoms with Gasteiger partial charge >= 0.3 is 5.69 Å². The summed E-state index contributed by atoms with van der Waals surface area (Å²) in [5, 5.41) is 19.4. The highest BCUT2D eigenvalue weighted by Crippen LogP contribution is 2.18. The summed E-state index contributed by atoms with van der Waals surface area (Å²) >= 11 is 1.28. The van der Waals surface area contributed by atoms with Gasteiger partial charge in [0.1, 0.15) is 11.9 Å². The maximum absolute atomic E-state index is 10.5. The molecular formula is C7H6N4O2S.